The van der Waals surface area contributed by atoms with Gasteiger partial charge in [0.1, 0.15) is 6.54 Å². The molecule has 0 aromatic carbocycles. The fourth-order valence-corrected chi connectivity index (χ4v) is 2.49. The molecule has 1 amide bonds. The van der Waals surface area contributed by atoms with Crippen molar-refractivity contribution in [2.24, 2.45) is 4.99 Å². The van der Waals surface area contributed by atoms with Gasteiger partial charge in [0.05, 0.1) is 5.01 Å². The van der Waals surface area contributed by atoms with Gasteiger partial charge in [-0.2, -0.15) is 0 Å². The molecule has 1 N–H and O–H groups in total. The van der Waals surface area contributed by atoms with E-state index in [0.29, 0.717) is 12.5 Å². The average Bonchev–Trinajstić information content (AvgIpc) is 2.89. The van der Waals surface area contributed by atoms with Gasteiger partial charge in [0.25, 0.3) is 0 Å². The van der Waals surface area contributed by atoms with Gasteiger partial charge in [0.15, 0.2) is 5.96 Å². The average molecular weight is 465 g/mol. The number of nitrogens with one attached hydrogen (secondary N) is 1. The van der Waals surface area contributed by atoms with Crippen LogP contribution in [-0.2, 0) is 11.2 Å². The number of hydrogen-bond donors (Lipinski definition) is 1. The smallest absolute Gasteiger partial charge is 0.243 e. The number of likely N-dealkylation sites (N-methyl/N-ethyl adjacent to an activating group) is 2. The number of thiazole rings is 1. The Morgan fingerprint density at radius 3 is 2.58 bits per heavy atom. The first-order chi connectivity index (χ1) is 10.8. The molecule has 1 rings (SSSR count). The van der Waals surface area contributed by atoms with Crippen molar-refractivity contribution in [1.29, 1.82) is 0 Å². The Balaban J connectivity index is 0.00000529. The summed E-state index contributed by atoms with van der Waals surface area (Å²) in [4.78, 5) is 25.3. The van der Waals surface area contributed by atoms with Gasteiger partial charge in [-0.15, -0.1) is 35.3 Å². The van der Waals surface area contributed by atoms with E-state index in [9.17, 15) is 4.79 Å². The van der Waals surface area contributed by atoms with Crippen molar-refractivity contribution >= 4 is 47.2 Å². The lowest BCUT2D eigenvalue weighted by molar-refractivity contribution is -0.127. The van der Waals surface area contributed by atoms with Crippen LogP contribution in [0.2, 0.25) is 0 Å². The number of aromatic nitrogens is 1. The highest BCUT2D eigenvalue weighted by Gasteiger charge is 2.10. The molecule has 1 aromatic heterocycles. The molecule has 8 heteroatoms. The van der Waals surface area contributed by atoms with Crippen molar-refractivity contribution in [2.45, 2.75) is 20.3 Å². The minimum atomic E-state index is -0.0245. The fourth-order valence-electron chi connectivity index (χ4n) is 1.71. The lowest BCUT2D eigenvalue weighted by atomic mass is 10.3. The van der Waals surface area contributed by atoms with Crippen LogP contribution in [0.15, 0.2) is 23.3 Å². The Morgan fingerprint density at radius 2 is 2.08 bits per heavy atom. The van der Waals surface area contributed by atoms with E-state index >= 15 is 0 Å². The van der Waals surface area contributed by atoms with E-state index in [2.05, 4.69) is 28.8 Å². The molecule has 24 heavy (non-hydrogen) atoms. The Morgan fingerprint density at radius 1 is 1.42 bits per heavy atom. The first-order valence-electron chi connectivity index (χ1n) is 7.55. The van der Waals surface area contributed by atoms with Gasteiger partial charge in [-0.1, -0.05) is 12.2 Å². The highest BCUT2D eigenvalue weighted by molar-refractivity contribution is 14.0. The standard InChI is InChI=1S/C16H27N5OS.HI/c1-12(2)9-18-16(19-11-15(22)20(4)5)21(6)8-7-14-17-10-13(3)23-14;/h10H,1,7-9,11H2,2-6H3,(H,18,19);1H. The van der Waals surface area contributed by atoms with E-state index in [1.165, 1.54) is 9.78 Å². The number of nitrogens with zero attached hydrogens (tertiary/aromatic N) is 4. The van der Waals surface area contributed by atoms with E-state index in [-0.39, 0.29) is 36.4 Å². The van der Waals surface area contributed by atoms with E-state index in [0.717, 1.165) is 23.5 Å². The number of aryl methyl sites for hydroxylation is 1. The third-order valence-electron chi connectivity index (χ3n) is 3.10. The van der Waals surface area contributed by atoms with E-state index in [1.807, 2.05) is 25.1 Å². The van der Waals surface area contributed by atoms with Crippen molar-refractivity contribution in [3.05, 3.63) is 28.2 Å². The zero-order valence-electron chi connectivity index (χ0n) is 15.1. The summed E-state index contributed by atoms with van der Waals surface area (Å²) in [6.45, 7) is 9.44. The SMILES string of the molecule is C=C(C)CNC(=NCC(=O)N(C)C)N(C)CCc1ncc(C)s1.I. The van der Waals surface area contributed by atoms with Crippen LogP contribution >= 0.6 is 35.3 Å². The van der Waals surface area contributed by atoms with Gasteiger partial charge in [-0.3, -0.25) is 4.79 Å². The second-order valence-electron chi connectivity index (χ2n) is 5.77. The van der Waals surface area contributed by atoms with Crippen LogP contribution in [0, 0.1) is 6.92 Å². The second kappa shape index (κ2) is 11.4. The number of guanidine groups is 1. The lowest BCUT2D eigenvalue weighted by Gasteiger charge is -2.22. The molecule has 1 aromatic rings. The topological polar surface area (TPSA) is 60.8 Å². The van der Waals surface area contributed by atoms with Gasteiger partial charge in [0, 0.05) is 51.7 Å². The molecule has 0 saturated carbocycles. The predicted octanol–water partition coefficient (Wildman–Crippen LogP) is 2.15. The molecule has 0 unspecified atom stereocenters. The zero-order chi connectivity index (χ0) is 17.4. The number of carbonyl (C=O) groups excluding carboxylic acids is 1. The summed E-state index contributed by atoms with van der Waals surface area (Å²) in [5.74, 6) is 0.681. The normalized spacial score (nSPS) is 10.8. The van der Waals surface area contributed by atoms with Crippen molar-refractivity contribution in [1.82, 2.24) is 20.1 Å². The van der Waals surface area contributed by atoms with Crippen LogP contribution in [0.25, 0.3) is 0 Å². The Hall–Kier alpha value is -1.16. The number of hydrogen-bond acceptors (Lipinski definition) is 4. The molecule has 0 aliphatic rings. The highest BCUT2D eigenvalue weighted by Crippen LogP contribution is 2.11. The van der Waals surface area contributed by atoms with Crippen LogP contribution in [-0.4, -0.2) is 67.4 Å². The molecule has 0 aliphatic carbocycles. The lowest BCUT2D eigenvalue weighted by Crippen LogP contribution is -2.41. The summed E-state index contributed by atoms with van der Waals surface area (Å²) < 4.78 is 0. The summed E-state index contributed by atoms with van der Waals surface area (Å²) in [5.41, 5.74) is 1.01. The van der Waals surface area contributed by atoms with Gasteiger partial charge in [0.2, 0.25) is 5.91 Å². The van der Waals surface area contributed by atoms with Crippen molar-refractivity contribution < 1.29 is 4.79 Å². The molecule has 0 fully saturated rings. The van der Waals surface area contributed by atoms with Crippen molar-refractivity contribution in [3.8, 4) is 0 Å². The molecule has 6 nitrogen and oxygen atoms in total. The molecule has 0 radical (unpaired) electrons. The third kappa shape index (κ3) is 8.62. The Kier molecular flexibility index (Phi) is 10.9. The maximum absolute atomic E-state index is 11.7. The molecule has 0 saturated heterocycles. The number of aliphatic imine (C=N–C) groups is 1. The van der Waals surface area contributed by atoms with Crippen LogP contribution in [0.3, 0.4) is 0 Å². The molecule has 1 heterocycles. The summed E-state index contributed by atoms with van der Waals surface area (Å²) >= 11 is 1.71. The Bertz CT molecular complexity index is 571. The van der Waals surface area contributed by atoms with Crippen molar-refractivity contribution in [3.63, 3.8) is 0 Å². The number of carbonyl (C=O) groups is 1. The minimum Gasteiger partial charge on any atom is -0.353 e. The first kappa shape index (κ1) is 22.8. The van der Waals surface area contributed by atoms with Crippen LogP contribution in [0.4, 0.5) is 0 Å². The Labute approximate surface area is 166 Å². The minimum absolute atomic E-state index is 0. The summed E-state index contributed by atoms with van der Waals surface area (Å²) in [5, 5.41) is 4.35. The molecule has 0 spiro atoms. The van der Waals surface area contributed by atoms with Gasteiger partial charge in [-0.25, -0.2) is 9.98 Å². The van der Waals surface area contributed by atoms with Crippen LogP contribution in [0.1, 0.15) is 16.8 Å². The quantitative estimate of drug-likeness (QED) is 0.290. The van der Waals surface area contributed by atoms with E-state index in [1.54, 1.807) is 25.4 Å². The highest BCUT2D eigenvalue weighted by atomic mass is 127. The third-order valence-corrected chi connectivity index (χ3v) is 4.08. The first-order valence-corrected chi connectivity index (χ1v) is 8.36. The van der Waals surface area contributed by atoms with Gasteiger partial charge in [-0.05, 0) is 13.8 Å². The second-order valence-corrected chi connectivity index (χ2v) is 7.09. The molecule has 0 bridgehead atoms. The zero-order valence-corrected chi connectivity index (χ0v) is 18.3. The summed E-state index contributed by atoms with van der Waals surface area (Å²) in [6.07, 6.45) is 2.74. The van der Waals surface area contributed by atoms with E-state index in [4.69, 9.17) is 0 Å². The summed E-state index contributed by atoms with van der Waals surface area (Å²) in [6, 6.07) is 0. The summed E-state index contributed by atoms with van der Waals surface area (Å²) in [7, 11) is 5.42. The monoisotopic (exact) mass is 465 g/mol. The molecule has 0 aliphatic heterocycles. The number of halogens is 1. The van der Waals surface area contributed by atoms with Crippen LogP contribution < -0.4 is 5.32 Å². The number of amides is 1. The van der Waals surface area contributed by atoms with E-state index < -0.39 is 0 Å². The maximum Gasteiger partial charge on any atom is 0.243 e. The number of rotatable bonds is 7. The largest absolute Gasteiger partial charge is 0.353 e. The van der Waals surface area contributed by atoms with Gasteiger partial charge < -0.3 is 15.1 Å². The molecular formula is C16H28IN5OS. The van der Waals surface area contributed by atoms with Gasteiger partial charge >= 0.3 is 0 Å². The molecular weight excluding hydrogens is 437 g/mol. The van der Waals surface area contributed by atoms with Crippen molar-refractivity contribution in [2.75, 3.05) is 40.8 Å². The van der Waals surface area contributed by atoms with Crippen LogP contribution in [0.5, 0.6) is 0 Å². The fraction of sp³-hybridized carbons (Fsp3) is 0.562. The molecule has 0 atom stereocenters. The maximum atomic E-state index is 11.7. The molecule has 136 valence electrons. The predicted molar refractivity (Wildman–Crippen MR) is 112 cm³/mol.